The van der Waals surface area contributed by atoms with Crippen LogP contribution in [0.15, 0.2) is 28.7 Å². The Hall–Kier alpha value is -1.08. The second-order valence-corrected chi connectivity index (χ2v) is 7.24. The lowest BCUT2D eigenvalue weighted by atomic mass is 10.3. The molecule has 98 valence electrons. The van der Waals surface area contributed by atoms with E-state index in [0.29, 0.717) is 12.2 Å². The van der Waals surface area contributed by atoms with Crippen molar-refractivity contribution in [2.75, 3.05) is 11.5 Å². The van der Waals surface area contributed by atoms with Crippen molar-refractivity contribution in [1.29, 1.82) is 0 Å². The van der Waals surface area contributed by atoms with Gasteiger partial charge in [-0.2, -0.15) is 0 Å². The molecule has 0 aromatic heterocycles. The van der Waals surface area contributed by atoms with Crippen molar-refractivity contribution in [2.45, 2.75) is 12.5 Å². The summed E-state index contributed by atoms with van der Waals surface area (Å²) in [7, 11) is -3.00. The smallest absolute Gasteiger partial charge is 0.410 e. The van der Waals surface area contributed by atoms with E-state index in [1.54, 1.807) is 18.2 Å². The van der Waals surface area contributed by atoms with Crippen LogP contribution in [0.25, 0.3) is 0 Å². The number of carbonyl (C=O) groups excluding carboxylic acids is 1. The minimum atomic E-state index is -3.00. The molecule has 0 radical (unpaired) electrons. The van der Waals surface area contributed by atoms with E-state index in [1.807, 2.05) is 6.07 Å². The van der Waals surface area contributed by atoms with Crippen molar-refractivity contribution in [2.24, 2.45) is 0 Å². The highest BCUT2D eigenvalue weighted by molar-refractivity contribution is 9.10. The highest BCUT2D eigenvalue weighted by atomic mass is 79.9. The Morgan fingerprint density at radius 1 is 1.44 bits per heavy atom. The average molecular weight is 334 g/mol. The maximum absolute atomic E-state index is 11.5. The average Bonchev–Trinajstić information content (AvgIpc) is 2.57. The molecule has 5 nitrogen and oxygen atoms in total. The maximum atomic E-state index is 11.5. The molecule has 0 spiro atoms. The summed E-state index contributed by atoms with van der Waals surface area (Å²) in [6, 6.07) is 6.51. The van der Waals surface area contributed by atoms with E-state index in [2.05, 4.69) is 21.2 Å². The molecule has 0 bridgehead atoms. The lowest BCUT2D eigenvalue weighted by Crippen LogP contribution is -2.37. The first-order valence-corrected chi connectivity index (χ1v) is 8.00. The van der Waals surface area contributed by atoms with Gasteiger partial charge in [0.15, 0.2) is 9.84 Å². The molecule has 0 aliphatic carbocycles. The fourth-order valence-electron chi connectivity index (χ4n) is 1.74. The summed E-state index contributed by atoms with van der Waals surface area (Å²) in [5.74, 6) is 0.512. The minimum absolute atomic E-state index is 0.0133. The lowest BCUT2D eigenvalue weighted by molar-refractivity contribution is 0.197. The summed E-state index contributed by atoms with van der Waals surface area (Å²) >= 11 is 3.26. The molecule has 1 amide bonds. The van der Waals surface area contributed by atoms with Gasteiger partial charge in [-0.25, -0.2) is 13.2 Å². The number of amides is 1. The van der Waals surface area contributed by atoms with Gasteiger partial charge in [0.2, 0.25) is 0 Å². The molecule has 1 aromatic rings. The molecule has 1 fully saturated rings. The topological polar surface area (TPSA) is 72.5 Å². The predicted octanol–water partition coefficient (Wildman–Crippen LogP) is 1.72. The molecule has 1 atom stereocenters. The second kappa shape index (κ2) is 5.27. The summed E-state index contributed by atoms with van der Waals surface area (Å²) < 4.78 is 28.3. The molecule has 1 aliphatic heterocycles. The van der Waals surface area contributed by atoms with Gasteiger partial charge in [0.05, 0.1) is 11.5 Å². The van der Waals surface area contributed by atoms with Gasteiger partial charge < -0.3 is 10.1 Å². The molecule has 0 saturated carbocycles. The van der Waals surface area contributed by atoms with Gasteiger partial charge in [0.25, 0.3) is 0 Å². The van der Waals surface area contributed by atoms with Gasteiger partial charge in [-0.1, -0.05) is 22.0 Å². The van der Waals surface area contributed by atoms with Crippen LogP contribution >= 0.6 is 15.9 Å². The number of rotatable bonds is 2. The number of nitrogens with one attached hydrogen (secondary N) is 1. The van der Waals surface area contributed by atoms with Gasteiger partial charge in [0.1, 0.15) is 5.75 Å². The van der Waals surface area contributed by atoms with Gasteiger partial charge in [0, 0.05) is 10.5 Å². The molecule has 1 aromatic carbocycles. The molecule has 1 saturated heterocycles. The van der Waals surface area contributed by atoms with Crippen LogP contribution in [0, 0.1) is 0 Å². The van der Waals surface area contributed by atoms with Crippen molar-refractivity contribution in [3.63, 3.8) is 0 Å². The van der Waals surface area contributed by atoms with E-state index < -0.39 is 15.9 Å². The lowest BCUT2D eigenvalue weighted by Gasteiger charge is -2.11. The van der Waals surface area contributed by atoms with Crippen molar-refractivity contribution in [3.8, 4) is 5.75 Å². The van der Waals surface area contributed by atoms with Crippen LogP contribution in [0.1, 0.15) is 6.42 Å². The number of hydrogen-bond acceptors (Lipinski definition) is 4. The highest BCUT2D eigenvalue weighted by Crippen LogP contribution is 2.18. The third-order valence-electron chi connectivity index (χ3n) is 2.56. The van der Waals surface area contributed by atoms with Crippen LogP contribution in [-0.4, -0.2) is 32.1 Å². The van der Waals surface area contributed by atoms with Crippen LogP contribution in [0.3, 0.4) is 0 Å². The number of benzene rings is 1. The molecule has 7 heteroatoms. The van der Waals surface area contributed by atoms with E-state index >= 15 is 0 Å². The molecule has 1 heterocycles. The zero-order valence-corrected chi connectivity index (χ0v) is 11.8. The number of ether oxygens (including phenoxy) is 1. The third kappa shape index (κ3) is 3.71. The monoisotopic (exact) mass is 333 g/mol. The SMILES string of the molecule is O=C(NC1CCS(=O)(=O)C1)Oc1cccc(Br)c1. The first-order valence-electron chi connectivity index (χ1n) is 5.39. The standard InChI is InChI=1S/C11H12BrNO4S/c12-8-2-1-3-10(6-8)17-11(14)13-9-4-5-18(15,16)7-9/h1-3,6,9H,4-5,7H2,(H,13,14). The zero-order valence-electron chi connectivity index (χ0n) is 9.43. The van der Waals surface area contributed by atoms with Crippen molar-refractivity contribution >= 4 is 31.9 Å². The van der Waals surface area contributed by atoms with E-state index in [-0.39, 0.29) is 17.5 Å². The van der Waals surface area contributed by atoms with Gasteiger partial charge in [-0.15, -0.1) is 0 Å². The number of sulfone groups is 1. The summed E-state index contributed by atoms with van der Waals surface area (Å²) in [6.45, 7) is 0. The van der Waals surface area contributed by atoms with Crippen LogP contribution in [0.4, 0.5) is 4.79 Å². The van der Waals surface area contributed by atoms with Gasteiger partial charge in [-0.3, -0.25) is 0 Å². The van der Waals surface area contributed by atoms with E-state index in [9.17, 15) is 13.2 Å². The summed E-state index contributed by atoms with van der Waals surface area (Å²) in [5, 5.41) is 2.55. The third-order valence-corrected chi connectivity index (χ3v) is 4.82. The van der Waals surface area contributed by atoms with E-state index in [1.165, 1.54) is 0 Å². The number of halogens is 1. The van der Waals surface area contributed by atoms with Crippen molar-refractivity contribution in [3.05, 3.63) is 28.7 Å². The number of carbonyl (C=O) groups is 1. The van der Waals surface area contributed by atoms with E-state index in [0.717, 1.165) is 4.47 Å². The van der Waals surface area contributed by atoms with Crippen LogP contribution < -0.4 is 10.1 Å². The van der Waals surface area contributed by atoms with Crippen molar-refractivity contribution in [1.82, 2.24) is 5.32 Å². The molecule has 2 rings (SSSR count). The Bertz CT molecular complexity index is 558. The Balaban J connectivity index is 1.90. The molecule has 1 unspecified atom stereocenters. The Kier molecular flexibility index (Phi) is 3.91. The molecular weight excluding hydrogens is 322 g/mol. The van der Waals surface area contributed by atoms with Crippen LogP contribution in [0.5, 0.6) is 5.75 Å². The largest absolute Gasteiger partial charge is 0.412 e. The highest BCUT2D eigenvalue weighted by Gasteiger charge is 2.29. The summed E-state index contributed by atoms with van der Waals surface area (Å²) in [4.78, 5) is 11.5. The number of hydrogen-bond donors (Lipinski definition) is 1. The maximum Gasteiger partial charge on any atom is 0.412 e. The Morgan fingerprint density at radius 2 is 2.22 bits per heavy atom. The fraction of sp³-hybridized carbons (Fsp3) is 0.364. The molecule has 18 heavy (non-hydrogen) atoms. The van der Waals surface area contributed by atoms with Gasteiger partial charge in [-0.05, 0) is 24.6 Å². The first-order chi connectivity index (χ1) is 8.44. The molecular formula is C11H12BrNO4S. The summed E-state index contributed by atoms with van der Waals surface area (Å²) in [6.07, 6.45) is -0.189. The predicted molar refractivity (Wildman–Crippen MR) is 70.4 cm³/mol. The zero-order chi connectivity index (χ0) is 13.2. The quantitative estimate of drug-likeness (QED) is 0.894. The Morgan fingerprint density at radius 3 is 2.83 bits per heavy atom. The van der Waals surface area contributed by atoms with Crippen LogP contribution in [0.2, 0.25) is 0 Å². The second-order valence-electron chi connectivity index (χ2n) is 4.09. The summed E-state index contributed by atoms with van der Waals surface area (Å²) in [5.41, 5.74) is 0. The van der Waals surface area contributed by atoms with Crippen LogP contribution in [-0.2, 0) is 9.84 Å². The minimum Gasteiger partial charge on any atom is -0.410 e. The van der Waals surface area contributed by atoms with Gasteiger partial charge >= 0.3 is 6.09 Å². The first kappa shape index (κ1) is 13.4. The fourth-order valence-corrected chi connectivity index (χ4v) is 3.79. The molecule has 1 aliphatic rings. The van der Waals surface area contributed by atoms with Crippen molar-refractivity contribution < 1.29 is 17.9 Å². The van der Waals surface area contributed by atoms with E-state index in [4.69, 9.17) is 4.74 Å². The Labute approximate surface area is 114 Å². The molecule has 1 N–H and O–H groups in total. The normalized spacial score (nSPS) is 21.5.